The van der Waals surface area contributed by atoms with E-state index in [9.17, 15) is 27.7 Å². The lowest BCUT2D eigenvalue weighted by Gasteiger charge is -2.27. The first-order valence-corrected chi connectivity index (χ1v) is 7.91. The highest BCUT2D eigenvalue weighted by molar-refractivity contribution is 7.48. The van der Waals surface area contributed by atoms with Gasteiger partial charge >= 0.3 is 11.9 Å². The number of nitro groups is 1. The van der Waals surface area contributed by atoms with E-state index in [1.54, 1.807) is 9.34 Å². The van der Waals surface area contributed by atoms with Crippen LogP contribution >= 0.6 is 8.45 Å². The van der Waals surface area contributed by atoms with E-state index in [4.69, 9.17) is 4.52 Å². The van der Waals surface area contributed by atoms with Gasteiger partial charge in [0, 0.05) is 32.2 Å². The quantitative estimate of drug-likeness (QED) is 0.258. The number of nitrogens with zero attached hydrogens (tertiary/aromatic N) is 3. The van der Waals surface area contributed by atoms with Crippen LogP contribution in [0.4, 0.5) is 23.2 Å². The molecular formula is C12H12F4N3O3P. The monoisotopic (exact) mass is 353 g/mol. The third-order valence-corrected chi connectivity index (χ3v) is 5.47. The number of hydrogen-bond acceptors (Lipinski definition) is 5. The Labute approximate surface area is 129 Å². The number of halogens is 4. The Bertz CT molecular complexity index is 610. The van der Waals surface area contributed by atoms with Crippen LogP contribution in [0.1, 0.15) is 11.7 Å². The van der Waals surface area contributed by atoms with Gasteiger partial charge < -0.3 is 4.52 Å². The molecular weight excluding hydrogens is 341 g/mol. The maximum atomic E-state index is 13.6. The summed E-state index contributed by atoms with van der Waals surface area (Å²) >= 11 is 0. The second-order valence-corrected chi connectivity index (χ2v) is 7.00. The average Bonchev–Trinajstić information content (AvgIpc) is 3.31. The fourth-order valence-electron chi connectivity index (χ4n) is 1.98. The molecule has 1 atom stereocenters. The van der Waals surface area contributed by atoms with E-state index in [1.165, 1.54) is 0 Å². The van der Waals surface area contributed by atoms with E-state index in [1.807, 2.05) is 0 Å². The predicted octanol–water partition coefficient (Wildman–Crippen LogP) is 3.21. The molecule has 11 heteroatoms. The Morgan fingerprint density at radius 3 is 2.17 bits per heavy atom. The van der Waals surface area contributed by atoms with Crippen molar-refractivity contribution in [3.63, 3.8) is 0 Å². The summed E-state index contributed by atoms with van der Waals surface area (Å²) in [6.07, 6.45) is -7.06. The van der Waals surface area contributed by atoms with Crippen LogP contribution in [-0.2, 0) is 4.52 Å². The van der Waals surface area contributed by atoms with Crippen molar-refractivity contribution in [1.29, 1.82) is 0 Å². The summed E-state index contributed by atoms with van der Waals surface area (Å²) in [5.74, 6) is -1.31. The normalized spacial score (nSPS) is 19.9. The third-order valence-electron chi connectivity index (χ3n) is 3.30. The largest absolute Gasteiger partial charge is 0.419 e. The van der Waals surface area contributed by atoms with Crippen molar-refractivity contribution in [1.82, 2.24) is 9.34 Å². The smallest absolute Gasteiger partial charge is 0.313 e. The zero-order chi connectivity index (χ0) is 16.8. The number of rotatable bonds is 6. The zero-order valence-corrected chi connectivity index (χ0v) is 12.6. The van der Waals surface area contributed by atoms with Crippen LogP contribution < -0.4 is 0 Å². The van der Waals surface area contributed by atoms with Gasteiger partial charge in [0.05, 0.1) is 4.92 Å². The van der Waals surface area contributed by atoms with Crippen LogP contribution in [0.2, 0.25) is 0 Å². The highest BCUT2D eigenvalue weighted by atomic mass is 31.2. The lowest BCUT2D eigenvalue weighted by atomic mass is 10.1. The molecule has 2 aliphatic heterocycles. The zero-order valence-electron chi connectivity index (χ0n) is 11.7. The summed E-state index contributed by atoms with van der Waals surface area (Å²) in [5, 5.41) is 10.6. The van der Waals surface area contributed by atoms with Crippen LogP contribution in [0, 0.1) is 15.9 Å². The first-order chi connectivity index (χ1) is 10.8. The van der Waals surface area contributed by atoms with Crippen molar-refractivity contribution in [2.75, 3.05) is 26.2 Å². The third kappa shape index (κ3) is 3.77. The van der Waals surface area contributed by atoms with Crippen LogP contribution in [0.5, 0.6) is 0 Å². The molecule has 1 unspecified atom stereocenters. The Hall–Kier alpha value is -1.35. The topological polar surface area (TPSA) is 58.4 Å². The van der Waals surface area contributed by atoms with Gasteiger partial charge in [0.25, 0.3) is 0 Å². The first-order valence-electron chi connectivity index (χ1n) is 6.74. The first kappa shape index (κ1) is 16.5. The fraction of sp³-hybridized carbons (Fsp3) is 0.500. The van der Waals surface area contributed by atoms with E-state index in [0.717, 1.165) is 12.1 Å². The van der Waals surface area contributed by atoms with E-state index in [2.05, 4.69) is 0 Å². The molecule has 0 spiro atoms. The van der Waals surface area contributed by atoms with E-state index in [-0.39, 0.29) is 0 Å². The molecule has 1 aromatic rings. The minimum absolute atomic E-state index is 0.475. The molecule has 2 heterocycles. The number of benzene rings is 1. The molecule has 0 bridgehead atoms. The van der Waals surface area contributed by atoms with E-state index >= 15 is 0 Å². The Morgan fingerprint density at radius 2 is 1.78 bits per heavy atom. The molecule has 0 aliphatic carbocycles. The number of alkyl halides is 3. The summed E-state index contributed by atoms with van der Waals surface area (Å²) in [7, 11) is -1.52. The second kappa shape index (κ2) is 5.94. The molecule has 0 radical (unpaired) electrons. The van der Waals surface area contributed by atoms with Crippen molar-refractivity contribution in [2.24, 2.45) is 0 Å². The summed E-state index contributed by atoms with van der Waals surface area (Å²) in [6.45, 7) is 2.67. The van der Waals surface area contributed by atoms with E-state index < -0.39 is 42.7 Å². The Balaban J connectivity index is 1.86. The van der Waals surface area contributed by atoms with Gasteiger partial charge in [0.15, 0.2) is 14.6 Å². The lowest BCUT2D eigenvalue weighted by Crippen LogP contribution is -2.24. The summed E-state index contributed by atoms with van der Waals surface area (Å²) in [4.78, 5) is 9.59. The standard InChI is InChI=1S/C12H12F4N3O3P/c13-9-7-8(1-2-10(9)19(20)21)11(12(14,15)16)22-23(17-3-4-17)18-5-6-18/h1-2,7,11H,3-6H2. The molecule has 2 fully saturated rings. The second-order valence-electron chi connectivity index (χ2n) is 5.16. The maximum absolute atomic E-state index is 13.6. The van der Waals surface area contributed by atoms with Crippen LogP contribution in [0.15, 0.2) is 18.2 Å². The minimum Gasteiger partial charge on any atom is -0.313 e. The van der Waals surface area contributed by atoms with Gasteiger partial charge in [-0.2, -0.15) is 17.6 Å². The van der Waals surface area contributed by atoms with Crippen molar-refractivity contribution in [3.8, 4) is 0 Å². The SMILES string of the molecule is O=[N+]([O-])c1ccc(C(OP(N2CC2)N2CC2)C(F)(F)F)cc1F. The van der Waals surface area contributed by atoms with Crippen molar-refractivity contribution in [2.45, 2.75) is 12.3 Å². The number of hydrogen-bond donors (Lipinski definition) is 0. The average molecular weight is 353 g/mol. The van der Waals surface area contributed by atoms with Gasteiger partial charge in [0.2, 0.25) is 5.82 Å². The van der Waals surface area contributed by atoms with Crippen LogP contribution in [0.25, 0.3) is 0 Å². The molecule has 0 saturated carbocycles. The Morgan fingerprint density at radius 1 is 1.22 bits per heavy atom. The molecule has 0 aromatic heterocycles. The van der Waals surface area contributed by atoms with Gasteiger partial charge in [-0.05, 0) is 17.7 Å². The van der Waals surface area contributed by atoms with Gasteiger partial charge in [-0.15, -0.1) is 0 Å². The highest BCUT2D eigenvalue weighted by Gasteiger charge is 2.49. The molecule has 0 N–H and O–H groups in total. The van der Waals surface area contributed by atoms with Gasteiger partial charge in [-0.25, -0.2) is 9.34 Å². The fourth-order valence-corrected chi connectivity index (χ4v) is 3.90. The van der Waals surface area contributed by atoms with E-state index in [0.29, 0.717) is 32.2 Å². The van der Waals surface area contributed by atoms with Gasteiger partial charge in [-0.3, -0.25) is 10.1 Å². The minimum atomic E-state index is -4.74. The molecule has 3 rings (SSSR count). The molecule has 2 saturated heterocycles. The summed E-state index contributed by atoms with van der Waals surface area (Å²) in [6, 6.07) is 2.13. The van der Waals surface area contributed by atoms with Crippen molar-refractivity contribution >= 4 is 14.1 Å². The maximum Gasteiger partial charge on any atom is 0.419 e. The predicted molar refractivity (Wildman–Crippen MR) is 73.0 cm³/mol. The molecule has 1 aromatic carbocycles. The molecule has 126 valence electrons. The number of nitro benzene ring substituents is 1. The van der Waals surface area contributed by atoms with Gasteiger partial charge in [0.1, 0.15) is 0 Å². The highest BCUT2D eigenvalue weighted by Crippen LogP contribution is 2.58. The molecule has 2 aliphatic rings. The van der Waals surface area contributed by atoms with Crippen molar-refractivity contribution < 1.29 is 27.0 Å². The Kier molecular flexibility index (Phi) is 4.26. The summed E-state index contributed by atoms with van der Waals surface area (Å²) in [5.41, 5.74) is -1.34. The molecule has 6 nitrogen and oxygen atoms in total. The van der Waals surface area contributed by atoms with Crippen molar-refractivity contribution in [3.05, 3.63) is 39.7 Å². The molecule has 0 amide bonds. The van der Waals surface area contributed by atoms with Crippen LogP contribution in [0.3, 0.4) is 0 Å². The lowest BCUT2D eigenvalue weighted by molar-refractivity contribution is -0.387. The summed E-state index contributed by atoms with van der Waals surface area (Å²) < 4.78 is 62.4. The van der Waals surface area contributed by atoms with Crippen LogP contribution in [-0.4, -0.2) is 46.6 Å². The molecule has 23 heavy (non-hydrogen) atoms. The van der Waals surface area contributed by atoms with Gasteiger partial charge in [-0.1, -0.05) is 0 Å².